The smallest absolute Gasteiger partial charge is 0.338 e. The molecule has 0 radical (unpaired) electrons. The van der Waals surface area contributed by atoms with Gasteiger partial charge in [-0.1, -0.05) is 23.8 Å². The van der Waals surface area contributed by atoms with Crippen molar-refractivity contribution in [3.63, 3.8) is 0 Å². The van der Waals surface area contributed by atoms with Crippen LogP contribution in [0.1, 0.15) is 31.8 Å². The van der Waals surface area contributed by atoms with Crippen molar-refractivity contribution < 1.29 is 19.1 Å². The standard InChI is InChI=1S/C18H17BrO4/c1-11-4-6-14(12(2)8-11)16(20)10-23-18(21)13-5-7-17(22-3)15(19)9-13/h4-9H,10H2,1-3H3. The van der Waals surface area contributed by atoms with Crippen molar-refractivity contribution in [1.29, 1.82) is 0 Å². The lowest BCUT2D eigenvalue weighted by Gasteiger charge is -2.08. The van der Waals surface area contributed by atoms with Gasteiger partial charge in [0.1, 0.15) is 5.75 Å². The number of benzene rings is 2. The lowest BCUT2D eigenvalue weighted by Crippen LogP contribution is -2.15. The molecule has 0 aromatic heterocycles. The van der Waals surface area contributed by atoms with Gasteiger partial charge >= 0.3 is 5.97 Å². The van der Waals surface area contributed by atoms with Crippen molar-refractivity contribution in [2.75, 3.05) is 13.7 Å². The first-order valence-electron chi connectivity index (χ1n) is 7.03. The van der Waals surface area contributed by atoms with E-state index in [1.165, 1.54) is 0 Å². The molecule has 0 fully saturated rings. The van der Waals surface area contributed by atoms with Crippen molar-refractivity contribution in [3.8, 4) is 5.75 Å². The highest BCUT2D eigenvalue weighted by Crippen LogP contribution is 2.25. The molecule has 0 bridgehead atoms. The number of aryl methyl sites for hydroxylation is 2. The van der Waals surface area contributed by atoms with Crippen LogP contribution in [0.5, 0.6) is 5.75 Å². The minimum atomic E-state index is -0.550. The molecule has 0 heterocycles. The minimum Gasteiger partial charge on any atom is -0.496 e. The van der Waals surface area contributed by atoms with E-state index < -0.39 is 5.97 Å². The highest BCUT2D eigenvalue weighted by atomic mass is 79.9. The summed E-state index contributed by atoms with van der Waals surface area (Å²) in [4.78, 5) is 24.2. The Hall–Kier alpha value is -2.14. The van der Waals surface area contributed by atoms with Crippen molar-refractivity contribution in [2.24, 2.45) is 0 Å². The number of carbonyl (C=O) groups is 2. The zero-order chi connectivity index (χ0) is 17.0. The Morgan fingerprint density at radius 3 is 2.43 bits per heavy atom. The van der Waals surface area contributed by atoms with Crippen LogP contribution in [0.3, 0.4) is 0 Å². The molecule has 0 aliphatic heterocycles. The van der Waals surface area contributed by atoms with Gasteiger partial charge in [0, 0.05) is 5.56 Å². The molecule has 0 unspecified atom stereocenters. The fraction of sp³-hybridized carbons (Fsp3) is 0.222. The average Bonchev–Trinajstić information content (AvgIpc) is 2.52. The van der Waals surface area contributed by atoms with Crippen LogP contribution < -0.4 is 4.74 Å². The van der Waals surface area contributed by atoms with E-state index in [9.17, 15) is 9.59 Å². The van der Waals surface area contributed by atoms with Crippen molar-refractivity contribution in [1.82, 2.24) is 0 Å². The third-order valence-corrected chi connectivity index (χ3v) is 4.02. The maximum Gasteiger partial charge on any atom is 0.338 e. The summed E-state index contributed by atoms with van der Waals surface area (Å²) in [6.45, 7) is 3.54. The Labute approximate surface area is 143 Å². The van der Waals surface area contributed by atoms with Crippen LogP contribution in [0.25, 0.3) is 0 Å². The van der Waals surface area contributed by atoms with Gasteiger partial charge < -0.3 is 9.47 Å². The largest absolute Gasteiger partial charge is 0.496 e. The molecule has 0 spiro atoms. The molecule has 4 nitrogen and oxygen atoms in total. The van der Waals surface area contributed by atoms with E-state index in [-0.39, 0.29) is 12.4 Å². The van der Waals surface area contributed by atoms with Gasteiger partial charge in [0.2, 0.25) is 5.78 Å². The van der Waals surface area contributed by atoms with Gasteiger partial charge in [-0.25, -0.2) is 4.79 Å². The Balaban J connectivity index is 2.04. The van der Waals surface area contributed by atoms with E-state index in [0.717, 1.165) is 11.1 Å². The van der Waals surface area contributed by atoms with Crippen LogP contribution >= 0.6 is 15.9 Å². The van der Waals surface area contributed by atoms with Gasteiger partial charge in [0.15, 0.2) is 6.61 Å². The Kier molecular flexibility index (Phi) is 5.55. The molecule has 23 heavy (non-hydrogen) atoms. The summed E-state index contributed by atoms with van der Waals surface area (Å²) in [6.07, 6.45) is 0. The predicted molar refractivity (Wildman–Crippen MR) is 91.2 cm³/mol. The number of methoxy groups -OCH3 is 1. The second-order valence-corrected chi connectivity index (χ2v) is 6.02. The van der Waals surface area contributed by atoms with Crippen LogP contribution in [0.15, 0.2) is 40.9 Å². The SMILES string of the molecule is COc1ccc(C(=O)OCC(=O)c2ccc(C)cc2C)cc1Br. The summed E-state index contributed by atoms with van der Waals surface area (Å²) in [5, 5.41) is 0. The van der Waals surface area contributed by atoms with E-state index >= 15 is 0 Å². The highest BCUT2D eigenvalue weighted by molar-refractivity contribution is 9.10. The maximum atomic E-state index is 12.2. The van der Waals surface area contributed by atoms with Crippen molar-refractivity contribution in [2.45, 2.75) is 13.8 Å². The van der Waals surface area contributed by atoms with E-state index in [4.69, 9.17) is 9.47 Å². The van der Waals surface area contributed by atoms with Gasteiger partial charge in [-0.2, -0.15) is 0 Å². The molecule has 0 aliphatic carbocycles. The second kappa shape index (κ2) is 7.42. The lowest BCUT2D eigenvalue weighted by atomic mass is 10.0. The van der Waals surface area contributed by atoms with Gasteiger partial charge in [0.25, 0.3) is 0 Å². The number of ether oxygens (including phenoxy) is 2. The summed E-state index contributed by atoms with van der Waals surface area (Å²) < 4.78 is 10.9. The predicted octanol–water partition coefficient (Wildman–Crippen LogP) is 4.11. The second-order valence-electron chi connectivity index (χ2n) is 5.17. The molecule has 0 aliphatic rings. The number of rotatable bonds is 5. The molecule has 120 valence electrons. The fourth-order valence-electron chi connectivity index (χ4n) is 2.21. The molecule has 0 amide bonds. The zero-order valence-electron chi connectivity index (χ0n) is 13.2. The van der Waals surface area contributed by atoms with E-state index in [1.807, 2.05) is 26.0 Å². The Bertz CT molecular complexity index is 753. The topological polar surface area (TPSA) is 52.6 Å². The van der Waals surface area contributed by atoms with Crippen molar-refractivity contribution >= 4 is 27.7 Å². The highest BCUT2D eigenvalue weighted by Gasteiger charge is 2.14. The van der Waals surface area contributed by atoms with Gasteiger partial charge in [-0.15, -0.1) is 0 Å². The summed E-state index contributed by atoms with van der Waals surface area (Å²) in [7, 11) is 1.54. The first-order chi connectivity index (χ1) is 10.9. The van der Waals surface area contributed by atoms with E-state index in [2.05, 4.69) is 15.9 Å². The first-order valence-corrected chi connectivity index (χ1v) is 7.83. The molecule has 2 rings (SSSR count). The third kappa shape index (κ3) is 4.20. The van der Waals surface area contributed by atoms with Gasteiger partial charge in [-0.05, 0) is 53.5 Å². The lowest BCUT2D eigenvalue weighted by molar-refractivity contribution is 0.0474. The van der Waals surface area contributed by atoms with Crippen LogP contribution in [0.4, 0.5) is 0 Å². The summed E-state index contributed by atoms with van der Waals surface area (Å²) in [5.41, 5.74) is 2.88. The van der Waals surface area contributed by atoms with Crippen molar-refractivity contribution in [3.05, 3.63) is 63.1 Å². The third-order valence-electron chi connectivity index (χ3n) is 3.40. The molecule has 0 saturated carbocycles. The summed E-state index contributed by atoms with van der Waals surface area (Å²) >= 11 is 3.31. The molecular formula is C18H17BrO4. The monoisotopic (exact) mass is 376 g/mol. The number of hydrogen-bond donors (Lipinski definition) is 0. The molecule has 0 saturated heterocycles. The minimum absolute atomic E-state index is 0.219. The average molecular weight is 377 g/mol. The number of carbonyl (C=O) groups excluding carboxylic acids is 2. The van der Waals surface area contributed by atoms with E-state index in [0.29, 0.717) is 21.3 Å². The van der Waals surface area contributed by atoms with Crippen LogP contribution in [-0.4, -0.2) is 25.5 Å². The van der Waals surface area contributed by atoms with Gasteiger partial charge in [0.05, 0.1) is 17.1 Å². The Morgan fingerprint density at radius 2 is 1.83 bits per heavy atom. The zero-order valence-corrected chi connectivity index (χ0v) is 14.8. The van der Waals surface area contributed by atoms with Crippen LogP contribution in [0.2, 0.25) is 0 Å². The van der Waals surface area contributed by atoms with Crippen LogP contribution in [-0.2, 0) is 4.74 Å². The van der Waals surface area contributed by atoms with E-state index in [1.54, 1.807) is 31.4 Å². The van der Waals surface area contributed by atoms with Crippen LogP contribution in [0, 0.1) is 13.8 Å². The number of hydrogen-bond acceptors (Lipinski definition) is 4. The normalized spacial score (nSPS) is 10.3. The number of Topliss-reactive ketones (excluding diaryl/α,β-unsaturated/α-hetero) is 1. The molecule has 2 aromatic carbocycles. The number of esters is 1. The first kappa shape index (κ1) is 17.2. The summed E-state index contributed by atoms with van der Waals surface area (Å²) in [5.74, 6) is -0.150. The number of ketones is 1. The summed E-state index contributed by atoms with van der Waals surface area (Å²) in [6, 6.07) is 10.4. The molecule has 5 heteroatoms. The fourth-order valence-corrected chi connectivity index (χ4v) is 2.75. The number of halogens is 1. The Morgan fingerprint density at radius 1 is 1.09 bits per heavy atom. The molecule has 2 aromatic rings. The molecule has 0 atom stereocenters. The quantitative estimate of drug-likeness (QED) is 0.581. The molecular weight excluding hydrogens is 360 g/mol. The maximum absolute atomic E-state index is 12.2. The molecule has 0 N–H and O–H groups in total. The van der Waals surface area contributed by atoms with Gasteiger partial charge in [-0.3, -0.25) is 4.79 Å².